The minimum Gasteiger partial charge on any atom is -0.329 e. The van der Waals surface area contributed by atoms with Gasteiger partial charge in [0.25, 0.3) is 5.56 Å². The van der Waals surface area contributed by atoms with Crippen LogP contribution in [0.15, 0.2) is 9.59 Å². The third-order valence-electron chi connectivity index (χ3n) is 4.49. The molecule has 2 N–H and O–H groups in total. The van der Waals surface area contributed by atoms with Gasteiger partial charge < -0.3 is 4.98 Å². The normalized spacial score (nSPS) is 15.7. The highest BCUT2D eigenvalue weighted by Gasteiger charge is 2.16. The second-order valence-corrected chi connectivity index (χ2v) is 6.29. The van der Waals surface area contributed by atoms with Crippen molar-refractivity contribution >= 4 is 23.3 Å². The second-order valence-electron chi connectivity index (χ2n) is 5.90. The van der Waals surface area contributed by atoms with Gasteiger partial charge in [0.1, 0.15) is 21.5 Å². The van der Waals surface area contributed by atoms with Gasteiger partial charge in [-0.1, -0.05) is 37.9 Å². The Labute approximate surface area is 132 Å². The summed E-state index contributed by atoms with van der Waals surface area (Å²) < 4.78 is 1.76. The first-order chi connectivity index (χ1) is 10.6. The smallest absolute Gasteiger partial charge is 0.329 e. The van der Waals surface area contributed by atoms with Crippen molar-refractivity contribution in [3.63, 3.8) is 0 Å². The van der Waals surface area contributed by atoms with Crippen LogP contribution in [-0.2, 0) is 13.0 Å². The maximum atomic E-state index is 12.0. The van der Waals surface area contributed by atoms with E-state index in [2.05, 4.69) is 15.0 Å². The fraction of sp³-hybridized carbons (Fsp3) is 0.600. The fourth-order valence-corrected chi connectivity index (χ4v) is 3.60. The lowest BCUT2D eigenvalue weighted by Gasteiger charge is -2.11. The third kappa shape index (κ3) is 2.77. The molecule has 22 heavy (non-hydrogen) atoms. The molecule has 1 aliphatic carbocycles. The molecule has 2 aromatic heterocycles. The van der Waals surface area contributed by atoms with Crippen molar-refractivity contribution in [3.8, 4) is 0 Å². The molecule has 6 nitrogen and oxygen atoms in total. The van der Waals surface area contributed by atoms with E-state index in [1.807, 2.05) is 6.92 Å². The molecule has 0 spiro atoms. The maximum Gasteiger partial charge on any atom is 0.329 e. The first kappa shape index (κ1) is 15.1. The lowest BCUT2D eigenvalue weighted by Crippen LogP contribution is -2.31. The molecule has 118 valence electrons. The second kappa shape index (κ2) is 6.16. The standard InChI is InChI=1S/C15H20N4O2S/c1-2-19-12-11(13(20)18-15(19)21)14(22)17-10(16-12)8-7-9-5-3-4-6-9/h9H,2-8H2,1H3,(H,16,17,22)(H,18,20,21). The minimum absolute atomic E-state index is 0.263. The predicted octanol–water partition coefficient (Wildman–Crippen LogP) is 2.29. The van der Waals surface area contributed by atoms with Crippen LogP contribution >= 0.6 is 12.2 Å². The van der Waals surface area contributed by atoms with Crippen molar-refractivity contribution in [2.75, 3.05) is 0 Å². The van der Waals surface area contributed by atoms with Crippen LogP contribution in [0.2, 0.25) is 0 Å². The molecule has 0 atom stereocenters. The summed E-state index contributed by atoms with van der Waals surface area (Å²) in [5, 5.41) is 0.293. The highest BCUT2D eigenvalue weighted by Crippen LogP contribution is 2.28. The van der Waals surface area contributed by atoms with Gasteiger partial charge in [-0.3, -0.25) is 14.3 Å². The molecule has 0 bridgehead atoms. The highest BCUT2D eigenvalue weighted by atomic mass is 32.1. The number of rotatable bonds is 4. The summed E-state index contributed by atoms with van der Waals surface area (Å²) >= 11 is 5.26. The van der Waals surface area contributed by atoms with Gasteiger partial charge in [-0.15, -0.1) is 0 Å². The zero-order valence-corrected chi connectivity index (χ0v) is 13.5. The van der Waals surface area contributed by atoms with Crippen LogP contribution in [0, 0.1) is 10.6 Å². The van der Waals surface area contributed by atoms with E-state index >= 15 is 0 Å². The van der Waals surface area contributed by atoms with E-state index in [1.54, 1.807) is 0 Å². The van der Waals surface area contributed by atoms with Crippen LogP contribution in [0.4, 0.5) is 0 Å². The molecule has 2 aromatic rings. The topological polar surface area (TPSA) is 83.5 Å². The Bertz CT molecular complexity index is 858. The fourth-order valence-electron chi connectivity index (χ4n) is 3.30. The summed E-state index contributed by atoms with van der Waals surface area (Å²) in [5.41, 5.74) is -0.406. The molecule has 7 heteroatoms. The number of fused-ring (bicyclic) bond motifs is 1. The molecular formula is C15H20N4O2S. The highest BCUT2D eigenvalue weighted by molar-refractivity contribution is 7.71. The average molecular weight is 320 g/mol. The average Bonchev–Trinajstić information content (AvgIpc) is 2.98. The van der Waals surface area contributed by atoms with Crippen molar-refractivity contribution in [1.82, 2.24) is 19.5 Å². The number of nitrogens with zero attached hydrogens (tertiary/aromatic N) is 2. The van der Waals surface area contributed by atoms with Gasteiger partial charge in [-0.05, 0) is 19.3 Å². The molecule has 2 heterocycles. The van der Waals surface area contributed by atoms with Gasteiger partial charge in [0.2, 0.25) is 0 Å². The van der Waals surface area contributed by atoms with Crippen LogP contribution in [0.5, 0.6) is 0 Å². The number of aromatic nitrogens is 4. The minimum atomic E-state index is -0.471. The maximum absolute atomic E-state index is 12.0. The molecule has 0 amide bonds. The molecule has 1 fully saturated rings. The Kier molecular flexibility index (Phi) is 4.24. The molecule has 0 saturated heterocycles. The summed E-state index contributed by atoms with van der Waals surface area (Å²) in [4.78, 5) is 33.7. The van der Waals surface area contributed by atoms with Gasteiger partial charge in [-0.2, -0.15) is 0 Å². The number of nitrogens with one attached hydrogen (secondary N) is 2. The van der Waals surface area contributed by atoms with Crippen LogP contribution in [-0.4, -0.2) is 19.5 Å². The van der Waals surface area contributed by atoms with Crippen molar-refractivity contribution < 1.29 is 0 Å². The predicted molar refractivity (Wildman–Crippen MR) is 87.8 cm³/mol. The SMILES string of the molecule is CCn1c(=O)[nH]c(=O)c2c(=S)nc(CCC3CCCC3)[nH]c21. The van der Waals surface area contributed by atoms with E-state index in [4.69, 9.17) is 12.2 Å². The van der Waals surface area contributed by atoms with E-state index in [0.29, 0.717) is 17.6 Å². The van der Waals surface area contributed by atoms with Crippen molar-refractivity contribution in [2.24, 2.45) is 5.92 Å². The van der Waals surface area contributed by atoms with Gasteiger partial charge in [-0.25, -0.2) is 9.78 Å². The molecule has 1 aliphatic rings. The Morgan fingerprint density at radius 3 is 2.68 bits per heavy atom. The number of hydrogen-bond donors (Lipinski definition) is 2. The zero-order chi connectivity index (χ0) is 15.7. The summed E-state index contributed by atoms with van der Waals surface area (Å²) in [7, 11) is 0. The van der Waals surface area contributed by atoms with Gasteiger partial charge >= 0.3 is 5.69 Å². The molecule has 0 radical (unpaired) electrons. The van der Waals surface area contributed by atoms with E-state index in [-0.39, 0.29) is 4.64 Å². The van der Waals surface area contributed by atoms with E-state index < -0.39 is 11.2 Å². The Hall–Kier alpha value is -1.76. The number of hydrogen-bond acceptors (Lipinski definition) is 4. The molecule has 0 aromatic carbocycles. The Morgan fingerprint density at radius 2 is 2.00 bits per heavy atom. The number of aryl methyl sites for hydroxylation is 2. The van der Waals surface area contributed by atoms with Crippen LogP contribution in [0.1, 0.15) is 44.9 Å². The third-order valence-corrected chi connectivity index (χ3v) is 4.79. The lowest BCUT2D eigenvalue weighted by atomic mass is 10.0. The summed E-state index contributed by atoms with van der Waals surface area (Å²) in [5.74, 6) is 1.52. The van der Waals surface area contributed by atoms with Gasteiger partial charge in [0.15, 0.2) is 0 Å². The molecule has 0 unspecified atom stereocenters. The summed E-state index contributed by atoms with van der Waals surface area (Å²) in [6.45, 7) is 2.32. The van der Waals surface area contributed by atoms with Crippen molar-refractivity contribution in [3.05, 3.63) is 31.3 Å². The zero-order valence-electron chi connectivity index (χ0n) is 12.6. The van der Waals surface area contributed by atoms with Gasteiger partial charge in [0.05, 0.1) is 0 Å². The van der Waals surface area contributed by atoms with Crippen LogP contribution in [0.25, 0.3) is 11.0 Å². The van der Waals surface area contributed by atoms with Crippen molar-refractivity contribution in [2.45, 2.75) is 52.0 Å². The first-order valence-corrected chi connectivity index (χ1v) is 8.27. The number of aromatic amines is 2. The number of H-pyrrole nitrogens is 2. The molecule has 0 aliphatic heterocycles. The molecular weight excluding hydrogens is 300 g/mol. The molecule has 1 saturated carbocycles. The largest absolute Gasteiger partial charge is 0.329 e. The monoisotopic (exact) mass is 320 g/mol. The Morgan fingerprint density at radius 1 is 1.27 bits per heavy atom. The van der Waals surface area contributed by atoms with E-state index in [0.717, 1.165) is 24.6 Å². The van der Waals surface area contributed by atoms with Crippen LogP contribution in [0.3, 0.4) is 0 Å². The first-order valence-electron chi connectivity index (χ1n) is 7.86. The summed E-state index contributed by atoms with van der Waals surface area (Å²) in [6, 6.07) is 0. The van der Waals surface area contributed by atoms with E-state index in [9.17, 15) is 9.59 Å². The van der Waals surface area contributed by atoms with Gasteiger partial charge in [0, 0.05) is 13.0 Å². The van der Waals surface area contributed by atoms with Crippen LogP contribution < -0.4 is 11.2 Å². The Balaban J connectivity index is 2.04. The molecule has 3 rings (SSSR count). The van der Waals surface area contributed by atoms with Crippen molar-refractivity contribution in [1.29, 1.82) is 0 Å². The summed E-state index contributed by atoms with van der Waals surface area (Å²) in [6.07, 6.45) is 7.08. The quantitative estimate of drug-likeness (QED) is 0.847. The lowest BCUT2D eigenvalue weighted by molar-refractivity contribution is 0.497. The van der Waals surface area contributed by atoms with E-state index in [1.165, 1.54) is 30.3 Å².